The Bertz CT molecular complexity index is 1270. The first kappa shape index (κ1) is 35.3. The van der Waals surface area contributed by atoms with E-state index in [1.54, 1.807) is 23.0 Å². The number of nitrogen functional groups attached to an aromatic ring is 1. The van der Waals surface area contributed by atoms with Crippen molar-refractivity contribution in [2.24, 2.45) is 0 Å². The number of nitrogens with two attached hydrogens (primary N) is 1. The van der Waals surface area contributed by atoms with Crippen LogP contribution in [0.2, 0.25) is 19.6 Å². The normalized spacial score (nSPS) is 14.3. The molecule has 10 nitrogen and oxygen atoms in total. The average Bonchev–Trinajstić information content (AvgIpc) is 3.37. The van der Waals surface area contributed by atoms with Crippen molar-refractivity contribution < 1.29 is 23.5 Å². The van der Waals surface area contributed by atoms with Gasteiger partial charge in [0.15, 0.2) is 11.5 Å². The molecule has 0 aliphatic heterocycles. The molecule has 0 saturated heterocycles. The van der Waals surface area contributed by atoms with Crippen LogP contribution in [0, 0.1) is 0 Å². The Kier molecular flexibility index (Phi) is 14.8. The van der Waals surface area contributed by atoms with E-state index in [-0.39, 0.29) is 19.3 Å². The maximum Gasteiger partial charge on any atom is 0.353 e. The van der Waals surface area contributed by atoms with Gasteiger partial charge in [-0.2, -0.15) is 0 Å². The Morgan fingerprint density at radius 2 is 1.56 bits per heavy atom. The van der Waals surface area contributed by atoms with Gasteiger partial charge in [-0.1, -0.05) is 94.0 Å². The number of anilines is 1. The number of hydrogen-bond acceptors (Lipinski definition) is 8. The van der Waals surface area contributed by atoms with Crippen LogP contribution in [-0.2, 0) is 31.5 Å². The number of rotatable bonds is 22. The molecule has 0 saturated carbocycles. The zero-order chi connectivity index (χ0) is 31.1. The van der Waals surface area contributed by atoms with Crippen molar-refractivity contribution in [2.75, 3.05) is 31.9 Å². The molecule has 2 atom stereocenters. The van der Waals surface area contributed by atoms with E-state index < -0.39 is 22.0 Å². The number of imidazole rings is 1. The Balaban J connectivity index is 1.11. The van der Waals surface area contributed by atoms with Gasteiger partial charge in [-0.25, -0.2) is 15.0 Å². The van der Waals surface area contributed by atoms with Gasteiger partial charge in [0.05, 0.1) is 40.3 Å². The maximum absolute atomic E-state index is 12.3. The quantitative estimate of drug-likeness (QED) is 0.0744. The number of nitrogens with zero attached hydrogens (tertiary/aromatic N) is 4. The van der Waals surface area contributed by atoms with Gasteiger partial charge >= 0.3 is 7.60 Å². The van der Waals surface area contributed by atoms with E-state index in [9.17, 15) is 9.46 Å². The van der Waals surface area contributed by atoms with Crippen molar-refractivity contribution in [2.45, 2.75) is 103 Å². The molecule has 3 rings (SSSR count). The van der Waals surface area contributed by atoms with Crippen LogP contribution in [0.1, 0.15) is 70.3 Å². The minimum Gasteiger partial charge on any atom is -0.382 e. The first-order valence-corrected chi connectivity index (χ1v) is 21.0. The second-order valence-electron chi connectivity index (χ2n) is 12.4. The van der Waals surface area contributed by atoms with E-state index in [2.05, 4.69) is 58.9 Å². The maximum atomic E-state index is 12.3. The van der Waals surface area contributed by atoms with E-state index in [0.717, 1.165) is 12.8 Å². The van der Waals surface area contributed by atoms with E-state index >= 15 is 0 Å². The van der Waals surface area contributed by atoms with Crippen LogP contribution < -0.4 is 10.9 Å². The number of hydrogen-bond donors (Lipinski definition) is 2. The predicted octanol–water partition coefficient (Wildman–Crippen LogP) is 6.29. The van der Waals surface area contributed by atoms with E-state index in [4.69, 9.17) is 19.7 Å². The molecule has 3 aromatic rings. The lowest BCUT2D eigenvalue weighted by Gasteiger charge is -2.17. The molecule has 2 aromatic heterocycles. The molecule has 1 aromatic carbocycles. The smallest absolute Gasteiger partial charge is 0.353 e. The van der Waals surface area contributed by atoms with Gasteiger partial charge < -0.3 is 29.2 Å². The summed E-state index contributed by atoms with van der Waals surface area (Å²) in [6.45, 7) is 10.4. The molecule has 3 N–H and O–H groups in total. The summed E-state index contributed by atoms with van der Waals surface area (Å²) < 4.78 is 30.4. The number of ether oxygens (including phenoxy) is 2. The van der Waals surface area contributed by atoms with Gasteiger partial charge in [0.2, 0.25) is 0 Å². The Labute approximate surface area is 258 Å². The minimum atomic E-state index is -3.87. The number of aryl methyl sites for hydroxylation is 1. The zero-order valence-corrected chi connectivity index (χ0v) is 28.4. The van der Waals surface area contributed by atoms with Gasteiger partial charge in [-0.05, 0) is 31.7 Å². The van der Waals surface area contributed by atoms with E-state index in [1.807, 2.05) is 0 Å². The minimum absolute atomic E-state index is 0.0532. The summed E-state index contributed by atoms with van der Waals surface area (Å²) >= 11 is 0. The van der Waals surface area contributed by atoms with Gasteiger partial charge in [0.1, 0.15) is 18.2 Å². The largest absolute Gasteiger partial charge is 0.382 e. The lowest BCUT2D eigenvalue weighted by molar-refractivity contribution is 0.0610. The fourth-order valence-corrected chi connectivity index (χ4v) is 6.95. The number of aromatic nitrogens is 4. The molecule has 0 bridgehead atoms. The van der Waals surface area contributed by atoms with Crippen LogP contribution in [0.5, 0.6) is 0 Å². The lowest BCUT2D eigenvalue weighted by Crippen LogP contribution is -2.37. The van der Waals surface area contributed by atoms with Crippen LogP contribution >= 0.6 is 7.60 Å². The molecule has 0 spiro atoms. The van der Waals surface area contributed by atoms with Crippen LogP contribution in [0.25, 0.3) is 11.2 Å². The fourth-order valence-electron chi connectivity index (χ4n) is 4.90. The van der Waals surface area contributed by atoms with E-state index in [1.165, 1.54) is 63.3 Å². The molecular weight excluding hydrogens is 581 g/mol. The Morgan fingerprint density at radius 1 is 0.907 bits per heavy atom. The molecule has 2 heterocycles. The molecule has 43 heavy (non-hydrogen) atoms. The first-order chi connectivity index (χ1) is 20.5. The molecule has 0 aliphatic rings. The fraction of sp³-hybridized carbons (Fsp3) is 0.645. The van der Waals surface area contributed by atoms with Gasteiger partial charge in [0, 0.05) is 6.61 Å². The van der Waals surface area contributed by atoms with Crippen molar-refractivity contribution in [1.82, 2.24) is 19.5 Å². The van der Waals surface area contributed by atoms with Crippen LogP contribution in [0.4, 0.5) is 5.82 Å². The van der Waals surface area contributed by atoms with Crippen molar-refractivity contribution in [3.05, 3.63) is 42.5 Å². The molecule has 1 unspecified atom stereocenters. The van der Waals surface area contributed by atoms with Gasteiger partial charge in [-0.15, -0.1) is 0 Å². The monoisotopic (exact) mass is 633 g/mol. The number of fused-ring (bicyclic) bond motifs is 1. The Hall–Kier alpha value is -2.14. The molecule has 12 heteroatoms. The van der Waals surface area contributed by atoms with Crippen molar-refractivity contribution in [1.29, 1.82) is 0 Å². The highest BCUT2D eigenvalue weighted by atomic mass is 31.2. The summed E-state index contributed by atoms with van der Waals surface area (Å²) in [5, 5.41) is 1.54. The molecule has 0 aliphatic carbocycles. The lowest BCUT2D eigenvalue weighted by atomic mass is 10.0. The molecule has 0 fully saturated rings. The third kappa shape index (κ3) is 13.2. The highest BCUT2D eigenvalue weighted by Gasteiger charge is 2.22. The Morgan fingerprint density at radius 3 is 2.23 bits per heavy atom. The third-order valence-corrected chi connectivity index (χ3v) is 10.6. The summed E-state index contributed by atoms with van der Waals surface area (Å²) in [7, 11) is -5.07. The molecule has 0 radical (unpaired) electrons. The second-order valence-corrected chi connectivity index (χ2v) is 19.3. The van der Waals surface area contributed by atoms with Gasteiger partial charge in [0.25, 0.3) is 0 Å². The topological polar surface area (TPSA) is 135 Å². The summed E-state index contributed by atoms with van der Waals surface area (Å²) in [5.74, 6) is 0.305. The predicted molar refractivity (Wildman–Crippen MR) is 176 cm³/mol. The number of benzene rings is 1. The van der Waals surface area contributed by atoms with Gasteiger partial charge in [-0.3, -0.25) is 4.57 Å². The van der Waals surface area contributed by atoms with Crippen molar-refractivity contribution >= 4 is 37.8 Å². The molecule has 240 valence electrons. The summed E-state index contributed by atoms with van der Waals surface area (Å²) in [4.78, 5) is 22.4. The van der Waals surface area contributed by atoms with Crippen LogP contribution in [-0.4, -0.2) is 64.8 Å². The third-order valence-electron chi connectivity index (χ3n) is 7.50. The molecule has 0 amide bonds. The standard InChI is InChI=1S/C31H52N5O5PSi/c1-26(22-36-24-35-29-30(32)33-23-34-31(29)36)40-25-42(37,38)41-21-20-39-19-13-11-9-7-5-6-8-10-12-14-27-15-17-28(18-16-27)43(2,3)4/h15-18,23-24,26H,5-14,19-22,25H2,1-4H3,(H,37,38)(H2,32,33,34)/t26-/m1/s1. The average molecular weight is 634 g/mol. The summed E-state index contributed by atoms with van der Waals surface area (Å²) in [6.07, 6.45) is 14.6. The van der Waals surface area contributed by atoms with Crippen LogP contribution in [0.3, 0.4) is 0 Å². The zero-order valence-electron chi connectivity index (χ0n) is 26.5. The first-order valence-electron chi connectivity index (χ1n) is 15.7. The highest BCUT2D eigenvalue weighted by molar-refractivity contribution is 7.52. The van der Waals surface area contributed by atoms with Crippen molar-refractivity contribution in [3.63, 3.8) is 0 Å². The molecular formula is C31H52N5O5PSi. The number of unbranched alkanes of at least 4 members (excludes halogenated alkanes) is 8. The highest BCUT2D eigenvalue weighted by Crippen LogP contribution is 2.41. The summed E-state index contributed by atoms with van der Waals surface area (Å²) in [5.41, 5.74) is 8.39. The van der Waals surface area contributed by atoms with E-state index in [0.29, 0.717) is 30.1 Å². The summed E-state index contributed by atoms with van der Waals surface area (Å²) in [6, 6.07) is 9.34. The van der Waals surface area contributed by atoms with Crippen molar-refractivity contribution in [3.8, 4) is 0 Å². The SMILES string of the molecule is C[C@H](Cn1cnc2c(N)ncnc21)OCP(=O)(O)OCCOCCCCCCCCCCCc1ccc([Si](C)(C)C)cc1. The van der Waals surface area contributed by atoms with Crippen LogP contribution in [0.15, 0.2) is 36.9 Å². The second kappa shape index (κ2) is 18.0.